The number of nitrogens with zero attached hydrogens (tertiary/aromatic N) is 2. The highest BCUT2D eigenvalue weighted by molar-refractivity contribution is 7.90. The molecule has 28 heavy (non-hydrogen) atoms. The summed E-state index contributed by atoms with van der Waals surface area (Å²) in [7, 11) is -1.97. The van der Waals surface area contributed by atoms with Crippen LogP contribution in [0.1, 0.15) is 12.6 Å². The van der Waals surface area contributed by atoms with Gasteiger partial charge in [0.1, 0.15) is 5.82 Å². The Balaban J connectivity index is 2.16. The minimum absolute atomic E-state index is 0.0326. The largest absolute Gasteiger partial charge is 0.384 e. The van der Waals surface area contributed by atoms with E-state index >= 15 is 0 Å². The predicted molar refractivity (Wildman–Crippen MR) is 106 cm³/mol. The zero-order valence-corrected chi connectivity index (χ0v) is 16.3. The summed E-state index contributed by atoms with van der Waals surface area (Å²) in [5.74, 6) is -0.393. The molecular formula is C17H22N6O4S. The number of carbonyl (C=O) groups is 2. The van der Waals surface area contributed by atoms with E-state index in [1.165, 1.54) is 20.0 Å². The van der Waals surface area contributed by atoms with Gasteiger partial charge in [0.25, 0.3) is 0 Å². The van der Waals surface area contributed by atoms with Crippen molar-refractivity contribution in [1.82, 2.24) is 20.6 Å². The van der Waals surface area contributed by atoms with Crippen LogP contribution in [0.5, 0.6) is 0 Å². The monoisotopic (exact) mass is 406 g/mol. The van der Waals surface area contributed by atoms with E-state index in [1.54, 1.807) is 24.3 Å². The Bertz CT molecular complexity index is 960. The van der Waals surface area contributed by atoms with Gasteiger partial charge in [-0.05, 0) is 24.3 Å². The molecule has 0 spiro atoms. The van der Waals surface area contributed by atoms with Gasteiger partial charge < -0.3 is 21.7 Å². The summed E-state index contributed by atoms with van der Waals surface area (Å²) in [6, 6.07) is 7.77. The van der Waals surface area contributed by atoms with Gasteiger partial charge in [-0.3, -0.25) is 4.79 Å². The number of anilines is 2. The van der Waals surface area contributed by atoms with Crippen molar-refractivity contribution in [2.24, 2.45) is 0 Å². The Hall–Kier alpha value is -3.21. The van der Waals surface area contributed by atoms with Gasteiger partial charge in [-0.2, -0.15) is 0 Å². The van der Waals surface area contributed by atoms with E-state index in [1.807, 2.05) is 0 Å². The van der Waals surface area contributed by atoms with E-state index in [0.717, 1.165) is 0 Å². The minimum Gasteiger partial charge on any atom is -0.384 e. The fourth-order valence-electron chi connectivity index (χ4n) is 2.30. The molecular weight excluding hydrogens is 384 g/mol. The number of urea groups is 1. The lowest BCUT2D eigenvalue weighted by atomic mass is 10.2. The smallest absolute Gasteiger partial charge is 0.318 e. The lowest BCUT2D eigenvalue weighted by Crippen LogP contribution is -2.27. The molecule has 1 aromatic carbocycles. The van der Waals surface area contributed by atoms with E-state index in [-0.39, 0.29) is 47.3 Å². The van der Waals surface area contributed by atoms with Crippen molar-refractivity contribution < 1.29 is 18.0 Å². The molecule has 0 saturated heterocycles. The number of nitrogen functional groups attached to an aromatic ring is 1. The number of amides is 3. The summed E-state index contributed by atoms with van der Waals surface area (Å²) in [5, 5.41) is 7.52. The Kier molecular flexibility index (Phi) is 6.88. The van der Waals surface area contributed by atoms with E-state index < -0.39 is 9.84 Å². The van der Waals surface area contributed by atoms with Gasteiger partial charge in [-0.25, -0.2) is 23.2 Å². The molecule has 11 heteroatoms. The quantitative estimate of drug-likeness (QED) is 0.522. The van der Waals surface area contributed by atoms with Crippen LogP contribution >= 0.6 is 0 Å². The van der Waals surface area contributed by atoms with Crippen molar-refractivity contribution in [3.05, 3.63) is 36.0 Å². The Morgan fingerprint density at radius 3 is 2.43 bits per heavy atom. The second-order valence-corrected chi connectivity index (χ2v) is 8.15. The lowest BCUT2D eigenvalue weighted by Gasteiger charge is -2.09. The zero-order chi connectivity index (χ0) is 20.7. The average Bonchev–Trinajstić information content (AvgIpc) is 2.60. The first kappa shape index (κ1) is 21.1. The normalized spacial score (nSPS) is 10.9. The first-order valence-electron chi connectivity index (χ1n) is 8.36. The number of carbonyl (C=O) groups excluding carboxylic acids is 2. The maximum Gasteiger partial charge on any atom is 0.318 e. The molecule has 1 aromatic heterocycles. The van der Waals surface area contributed by atoms with Crippen LogP contribution in [0.15, 0.2) is 30.3 Å². The van der Waals surface area contributed by atoms with Crippen molar-refractivity contribution >= 4 is 33.3 Å². The predicted octanol–water partition coefficient (Wildman–Crippen LogP) is 0.528. The van der Waals surface area contributed by atoms with Crippen molar-refractivity contribution in [2.45, 2.75) is 12.7 Å². The number of aromatic nitrogens is 2. The Labute approximate surface area is 162 Å². The summed E-state index contributed by atoms with van der Waals surface area (Å²) < 4.78 is 24.4. The number of rotatable bonds is 7. The molecule has 2 rings (SSSR count). The van der Waals surface area contributed by atoms with Crippen LogP contribution in [0.4, 0.5) is 16.3 Å². The SMILES string of the molecule is CNC(=O)Nc1ccc(-c2nc(N)cc(CS(=O)(=O)CCNC(C)=O)n2)cc1. The van der Waals surface area contributed by atoms with Crippen LogP contribution < -0.4 is 21.7 Å². The van der Waals surface area contributed by atoms with Crippen LogP contribution in [0.3, 0.4) is 0 Å². The molecule has 0 aliphatic carbocycles. The third kappa shape index (κ3) is 6.50. The first-order chi connectivity index (χ1) is 13.2. The molecule has 5 N–H and O–H groups in total. The van der Waals surface area contributed by atoms with Crippen molar-refractivity contribution in [2.75, 3.05) is 30.4 Å². The van der Waals surface area contributed by atoms with E-state index in [4.69, 9.17) is 5.73 Å². The number of nitrogens with one attached hydrogen (secondary N) is 3. The molecule has 0 bridgehead atoms. The second kappa shape index (κ2) is 9.13. The molecule has 0 atom stereocenters. The summed E-state index contributed by atoms with van der Waals surface area (Å²) in [4.78, 5) is 30.6. The van der Waals surface area contributed by atoms with Gasteiger partial charge >= 0.3 is 6.03 Å². The fraction of sp³-hybridized carbons (Fsp3) is 0.294. The molecule has 2 aromatic rings. The van der Waals surface area contributed by atoms with Crippen molar-refractivity contribution in [3.8, 4) is 11.4 Å². The number of benzene rings is 1. The molecule has 0 radical (unpaired) electrons. The van der Waals surface area contributed by atoms with Crippen LogP contribution in [0.25, 0.3) is 11.4 Å². The van der Waals surface area contributed by atoms with Gasteiger partial charge in [-0.1, -0.05) is 0 Å². The number of sulfone groups is 1. The highest BCUT2D eigenvalue weighted by Gasteiger charge is 2.15. The molecule has 0 saturated carbocycles. The maximum atomic E-state index is 12.2. The third-order valence-corrected chi connectivity index (χ3v) is 5.14. The van der Waals surface area contributed by atoms with Crippen LogP contribution in [-0.2, 0) is 20.4 Å². The van der Waals surface area contributed by atoms with E-state index in [9.17, 15) is 18.0 Å². The maximum absolute atomic E-state index is 12.2. The highest BCUT2D eigenvalue weighted by Crippen LogP contribution is 2.20. The lowest BCUT2D eigenvalue weighted by molar-refractivity contribution is -0.118. The molecule has 150 valence electrons. The summed E-state index contributed by atoms with van der Waals surface area (Å²) in [6.45, 7) is 1.35. The van der Waals surface area contributed by atoms with Crippen molar-refractivity contribution in [3.63, 3.8) is 0 Å². The zero-order valence-electron chi connectivity index (χ0n) is 15.5. The minimum atomic E-state index is -3.48. The van der Waals surface area contributed by atoms with E-state index in [0.29, 0.717) is 11.3 Å². The van der Waals surface area contributed by atoms with Gasteiger partial charge in [0, 0.05) is 37.8 Å². The molecule has 3 amide bonds. The first-order valence-corrected chi connectivity index (χ1v) is 10.2. The molecule has 0 aliphatic rings. The van der Waals surface area contributed by atoms with E-state index in [2.05, 4.69) is 25.9 Å². The van der Waals surface area contributed by atoms with Gasteiger partial charge in [-0.15, -0.1) is 0 Å². The summed E-state index contributed by atoms with van der Waals surface area (Å²) in [6.07, 6.45) is 0. The van der Waals surface area contributed by atoms with Crippen LogP contribution in [0.2, 0.25) is 0 Å². The van der Waals surface area contributed by atoms with Crippen LogP contribution in [0, 0.1) is 0 Å². The summed E-state index contributed by atoms with van der Waals surface area (Å²) >= 11 is 0. The molecule has 0 fully saturated rings. The average molecular weight is 406 g/mol. The Morgan fingerprint density at radius 2 is 1.82 bits per heavy atom. The second-order valence-electron chi connectivity index (χ2n) is 5.96. The third-order valence-electron chi connectivity index (χ3n) is 3.58. The Morgan fingerprint density at radius 1 is 1.14 bits per heavy atom. The summed E-state index contributed by atoms with van der Waals surface area (Å²) in [5.41, 5.74) is 7.26. The number of nitrogens with two attached hydrogens (primary N) is 1. The number of hydrogen-bond donors (Lipinski definition) is 4. The molecule has 1 heterocycles. The standard InChI is InChI=1S/C17H22N6O4S/c1-11(24)20-7-8-28(26,27)10-14-9-15(18)23-16(21-14)12-3-5-13(6-4-12)22-17(25)19-2/h3-6,9H,7-8,10H2,1-2H3,(H,20,24)(H2,18,21,23)(H2,19,22,25). The van der Waals surface area contributed by atoms with Crippen molar-refractivity contribution in [1.29, 1.82) is 0 Å². The molecule has 10 nitrogen and oxygen atoms in total. The topological polar surface area (TPSA) is 156 Å². The molecule has 0 aliphatic heterocycles. The fourth-order valence-corrected chi connectivity index (χ4v) is 3.45. The van der Waals surface area contributed by atoms with Gasteiger partial charge in [0.15, 0.2) is 15.7 Å². The number of hydrogen-bond acceptors (Lipinski definition) is 7. The van der Waals surface area contributed by atoms with Gasteiger partial charge in [0.05, 0.1) is 17.2 Å². The molecule has 0 unspecified atom stereocenters. The van der Waals surface area contributed by atoms with Gasteiger partial charge in [0.2, 0.25) is 5.91 Å². The van der Waals surface area contributed by atoms with Crippen LogP contribution in [-0.4, -0.2) is 49.7 Å². The highest BCUT2D eigenvalue weighted by atomic mass is 32.2.